The number of hydrogen-bond acceptors (Lipinski definition) is 5. The summed E-state index contributed by atoms with van der Waals surface area (Å²) in [5, 5.41) is 3.25. The van der Waals surface area contributed by atoms with Gasteiger partial charge in [-0.1, -0.05) is 6.92 Å². The van der Waals surface area contributed by atoms with Crippen molar-refractivity contribution in [3.63, 3.8) is 0 Å². The second-order valence-corrected chi connectivity index (χ2v) is 4.35. The van der Waals surface area contributed by atoms with Crippen molar-refractivity contribution >= 4 is 5.97 Å². The number of carbonyl (C=O) groups excluding carboxylic acids is 1. The number of carbonyl (C=O) groups is 1. The molecule has 1 aliphatic rings. The molecule has 1 fully saturated rings. The van der Waals surface area contributed by atoms with Crippen molar-refractivity contribution in [1.82, 2.24) is 10.2 Å². The molecule has 0 saturated carbocycles. The second kappa shape index (κ2) is 6.02. The van der Waals surface area contributed by atoms with Gasteiger partial charge in [0, 0.05) is 19.1 Å². The highest BCUT2D eigenvalue weighted by Crippen LogP contribution is 2.17. The maximum absolute atomic E-state index is 11.7. The van der Waals surface area contributed by atoms with Crippen molar-refractivity contribution in [1.29, 1.82) is 0 Å². The van der Waals surface area contributed by atoms with Gasteiger partial charge in [0.15, 0.2) is 0 Å². The van der Waals surface area contributed by atoms with E-state index in [0.29, 0.717) is 30.5 Å². The topological polar surface area (TPSA) is 54.7 Å². The molecular formula is C13H20N2O3. The van der Waals surface area contributed by atoms with Crippen molar-refractivity contribution in [3.8, 4) is 0 Å². The van der Waals surface area contributed by atoms with Crippen LogP contribution >= 0.6 is 0 Å². The molecule has 0 bridgehead atoms. The Morgan fingerprint density at radius 2 is 2.33 bits per heavy atom. The number of likely N-dealkylation sites (N-methyl/N-ethyl adjacent to an activating group) is 1. The summed E-state index contributed by atoms with van der Waals surface area (Å²) in [7, 11) is 0. The minimum atomic E-state index is -0.302. The number of nitrogens with zero attached hydrogens (tertiary/aromatic N) is 1. The van der Waals surface area contributed by atoms with Gasteiger partial charge in [-0.3, -0.25) is 4.90 Å². The lowest BCUT2D eigenvalue weighted by Crippen LogP contribution is -2.56. The zero-order valence-corrected chi connectivity index (χ0v) is 10.9. The molecule has 5 heteroatoms. The fraction of sp³-hybridized carbons (Fsp3) is 0.615. The lowest BCUT2D eigenvalue weighted by atomic mass is 10.1. The number of ether oxygens (including phenoxy) is 1. The van der Waals surface area contributed by atoms with Gasteiger partial charge in [-0.15, -0.1) is 0 Å². The predicted octanol–water partition coefficient (Wildman–Crippen LogP) is 1.25. The SMILES string of the molecule is CCOC(=O)c1ccoc1CN(CC)C1CNC1. The largest absolute Gasteiger partial charge is 0.467 e. The summed E-state index contributed by atoms with van der Waals surface area (Å²) >= 11 is 0. The maximum Gasteiger partial charge on any atom is 0.341 e. The molecule has 0 amide bonds. The maximum atomic E-state index is 11.7. The Morgan fingerprint density at radius 3 is 2.89 bits per heavy atom. The van der Waals surface area contributed by atoms with Crippen molar-refractivity contribution < 1.29 is 13.9 Å². The molecule has 0 aliphatic carbocycles. The first-order chi connectivity index (χ1) is 8.76. The summed E-state index contributed by atoms with van der Waals surface area (Å²) in [5.41, 5.74) is 0.544. The van der Waals surface area contributed by atoms with Crippen LogP contribution in [0.25, 0.3) is 0 Å². The fourth-order valence-corrected chi connectivity index (χ4v) is 2.07. The Morgan fingerprint density at radius 1 is 1.56 bits per heavy atom. The number of hydrogen-bond donors (Lipinski definition) is 1. The summed E-state index contributed by atoms with van der Waals surface area (Å²) < 4.78 is 10.4. The predicted molar refractivity (Wildman–Crippen MR) is 67.4 cm³/mol. The minimum Gasteiger partial charge on any atom is -0.467 e. The average Bonchev–Trinajstić information content (AvgIpc) is 2.74. The van der Waals surface area contributed by atoms with E-state index in [1.165, 1.54) is 0 Å². The zero-order chi connectivity index (χ0) is 13.0. The summed E-state index contributed by atoms with van der Waals surface area (Å²) in [6.07, 6.45) is 1.55. The summed E-state index contributed by atoms with van der Waals surface area (Å²) in [4.78, 5) is 14.0. The normalized spacial score (nSPS) is 15.7. The number of esters is 1. The molecule has 2 heterocycles. The smallest absolute Gasteiger partial charge is 0.341 e. The van der Waals surface area contributed by atoms with Crippen LogP contribution in [0.15, 0.2) is 16.7 Å². The highest BCUT2D eigenvalue weighted by Gasteiger charge is 2.26. The fourth-order valence-electron chi connectivity index (χ4n) is 2.07. The van der Waals surface area contributed by atoms with Gasteiger partial charge in [0.2, 0.25) is 0 Å². The Hall–Kier alpha value is -1.33. The van der Waals surface area contributed by atoms with Crippen LogP contribution in [0.2, 0.25) is 0 Å². The van der Waals surface area contributed by atoms with E-state index >= 15 is 0 Å². The molecule has 0 aromatic carbocycles. The summed E-state index contributed by atoms with van der Waals surface area (Å²) in [6.45, 7) is 7.90. The van der Waals surface area contributed by atoms with Gasteiger partial charge in [-0.05, 0) is 19.5 Å². The van der Waals surface area contributed by atoms with E-state index in [1.54, 1.807) is 19.3 Å². The number of nitrogens with one attached hydrogen (secondary N) is 1. The van der Waals surface area contributed by atoms with E-state index in [0.717, 1.165) is 19.6 Å². The van der Waals surface area contributed by atoms with Gasteiger partial charge in [-0.25, -0.2) is 4.79 Å². The van der Waals surface area contributed by atoms with Crippen LogP contribution in [0.4, 0.5) is 0 Å². The summed E-state index contributed by atoms with van der Waals surface area (Å²) in [6, 6.07) is 2.22. The van der Waals surface area contributed by atoms with Crippen LogP contribution in [0.5, 0.6) is 0 Å². The second-order valence-electron chi connectivity index (χ2n) is 4.35. The third-order valence-electron chi connectivity index (χ3n) is 3.27. The van der Waals surface area contributed by atoms with Crippen molar-refractivity contribution in [2.45, 2.75) is 26.4 Å². The molecular weight excluding hydrogens is 232 g/mol. The third kappa shape index (κ3) is 2.73. The van der Waals surface area contributed by atoms with Crippen molar-refractivity contribution in [3.05, 3.63) is 23.7 Å². The van der Waals surface area contributed by atoms with Crippen molar-refractivity contribution in [2.24, 2.45) is 0 Å². The van der Waals surface area contributed by atoms with E-state index in [9.17, 15) is 4.79 Å². The molecule has 0 spiro atoms. The quantitative estimate of drug-likeness (QED) is 0.772. The Bertz CT molecular complexity index is 399. The van der Waals surface area contributed by atoms with Gasteiger partial charge in [0.25, 0.3) is 0 Å². The molecule has 1 aliphatic heterocycles. The zero-order valence-electron chi connectivity index (χ0n) is 10.9. The molecule has 1 N–H and O–H groups in total. The lowest BCUT2D eigenvalue weighted by molar-refractivity contribution is 0.0519. The van der Waals surface area contributed by atoms with Crippen LogP contribution in [0.3, 0.4) is 0 Å². The average molecular weight is 252 g/mol. The van der Waals surface area contributed by atoms with Crippen LogP contribution < -0.4 is 5.32 Å². The first-order valence-electron chi connectivity index (χ1n) is 6.44. The van der Waals surface area contributed by atoms with Gasteiger partial charge < -0.3 is 14.5 Å². The molecule has 0 unspecified atom stereocenters. The molecule has 0 atom stereocenters. The lowest BCUT2D eigenvalue weighted by Gasteiger charge is -2.37. The van der Waals surface area contributed by atoms with Crippen LogP contribution in [-0.4, -0.2) is 43.2 Å². The Labute approximate surface area is 107 Å². The summed E-state index contributed by atoms with van der Waals surface area (Å²) in [5.74, 6) is 0.395. The number of furan rings is 1. The van der Waals surface area contributed by atoms with Gasteiger partial charge in [0.05, 0.1) is 19.4 Å². The molecule has 2 rings (SSSR count). The van der Waals surface area contributed by atoms with E-state index in [2.05, 4.69) is 17.1 Å². The van der Waals surface area contributed by atoms with Gasteiger partial charge in [0.1, 0.15) is 11.3 Å². The van der Waals surface area contributed by atoms with E-state index in [-0.39, 0.29) is 5.97 Å². The van der Waals surface area contributed by atoms with Crippen LogP contribution in [0, 0.1) is 0 Å². The first-order valence-corrected chi connectivity index (χ1v) is 6.44. The molecule has 0 radical (unpaired) electrons. The molecule has 1 aromatic heterocycles. The standard InChI is InChI=1S/C13H20N2O3/c1-3-15(10-7-14-8-10)9-12-11(5-6-18-12)13(16)17-4-2/h5-6,10,14H,3-4,7-9H2,1-2H3. The molecule has 1 aromatic rings. The monoisotopic (exact) mass is 252 g/mol. The van der Waals surface area contributed by atoms with Crippen LogP contribution in [0.1, 0.15) is 30.0 Å². The van der Waals surface area contributed by atoms with E-state index in [4.69, 9.17) is 9.15 Å². The molecule has 1 saturated heterocycles. The highest BCUT2D eigenvalue weighted by atomic mass is 16.5. The molecule has 100 valence electrons. The third-order valence-corrected chi connectivity index (χ3v) is 3.27. The Kier molecular flexibility index (Phi) is 4.38. The van der Waals surface area contributed by atoms with E-state index in [1.807, 2.05) is 0 Å². The molecule has 18 heavy (non-hydrogen) atoms. The minimum absolute atomic E-state index is 0.302. The van der Waals surface area contributed by atoms with Gasteiger partial charge >= 0.3 is 5.97 Å². The highest BCUT2D eigenvalue weighted by molar-refractivity contribution is 5.90. The van der Waals surface area contributed by atoms with Crippen LogP contribution in [-0.2, 0) is 11.3 Å². The van der Waals surface area contributed by atoms with Crippen molar-refractivity contribution in [2.75, 3.05) is 26.2 Å². The van der Waals surface area contributed by atoms with Gasteiger partial charge in [-0.2, -0.15) is 0 Å². The Balaban J connectivity index is 2.03. The first kappa shape index (κ1) is 13.1. The van der Waals surface area contributed by atoms with E-state index < -0.39 is 0 Å². The molecule has 5 nitrogen and oxygen atoms in total. The number of rotatable bonds is 6.